The predicted molar refractivity (Wildman–Crippen MR) is 117 cm³/mol. The molecule has 1 saturated carbocycles. The third kappa shape index (κ3) is 9.09. The summed E-state index contributed by atoms with van der Waals surface area (Å²) >= 11 is 0. The highest BCUT2D eigenvalue weighted by Gasteiger charge is 2.44. The summed E-state index contributed by atoms with van der Waals surface area (Å²) < 4.78 is 4.79. The van der Waals surface area contributed by atoms with Crippen LogP contribution in [0.1, 0.15) is 107 Å². The van der Waals surface area contributed by atoms with Gasteiger partial charge in [-0.2, -0.15) is 0 Å². The van der Waals surface area contributed by atoms with Crippen LogP contribution in [0.2, 0.25) is 0 Å². The first-order valence-electron chi connectivity index (χ1n) is 11.1. The highest BCUT2D eigenvalue weighted by molar-refractivity contribution is 5.84. The zero-order chi connectivity index (χ0) is 22.0. The predicted octanol–water partition coefficient (Wildman–Crippen LogP) is 6.83. The topological polar surface area (TPSA) is 43.4 Å². The van der Waals surface area contributed by atoms with E-state index in [4.69, 9.17) is 4.74 Å². The van der Waals surface area contributed by atoms with E-state index in [2.05, 4.69) is 62.3 Å². The molecule has 1 fully saturated rings. The van der Waals surface area contributed by atoms with Gasteiger partial charge in [-0.25, -0.2) is 0 Å². The van der Waals surface area contributed by atoms with Crippen LogP contribution in [-0.4, -0.2) is 18.9 Å². The van der Waals surface area contributed by atoms with Crippen molar-refractivity contribution in [2.24, 2.45) is 33.5 Å². The summed E-state index contributed by atoms with van der Waals surface area (Å²) in [5, 5.41) is 0. The Hall–Kier alpha value is -0.860. The van der Waals surface area contributed by atoms with Crippen LogP contribution in [0.5, 0.6) is 0 Å². The van der Waals surface area contributed by atoms with Crippen molar-refractivity contribution in [1.82, 2.24) is 0 Å². The Balaban J connectivity index is 2.54. The molecule has 0 amide bonds. The third-order valence-electron chi connectivity index (χ3n) is 6.25. The maximum atomic E-state index is 13.0. The van der Waals surface area contributed by atoms with Gasteiger partial charge in [-0.1, -0.05) is 62.3 Å². The Morgan fingerprint density at radius 2 is 1.43 bits per heavy atom. The van der Waals surface area contributed by atoms with E-state index in [1.807, 2.05) is 0 Å². The molecular formula is C25H46O3. The third-order valence-corrected chi connectivity index (χ3v) is 6.25. The molecule has 0 aromatic rings. The van der Waals surface area contributed by atoms with Crippen molar-refractivity contribution < 1.29 is 14.3 Å². The average Bonchev–Trinajstić information content (AvgIpc) is 3.17. The Morgan fingerprint density at radius 1 is 0.857 bits per heavy atom. The maximum Gasteiger partial charge on any atom is 0.305 e. The van der Waals surface area contributed by atoms with Crippen LogP contribution >= 0.6 is 0 Å². The van der Waals surface area contributed by atoms with Gasteiger partial charge in [0.15, 0.2) is 0 Å². The van der Waals surface area contributed by atoms with Crippen molar-refractivity contribution in [3.8, 4) is 0 Å². The first-order valence-corrected chi connectivity index (χ1v) is 11.1. The molecule has 0 N–H and O–H groups in total. The summed E-state index contributed by atoms with van der Waals surface area (Å²) in [6, 6.07) is 0. The minimum absolute atomic E-state index is 0.0984. The van der Waals surface area contributed by atoms with Crippen LogP contribution in [0.4, 0.5) is 0 Å². The largest absolute Gasteiger partial charge is 0.469 e. The van der Waals surface area contributed by atoms with E-state index in [9.17, 15) is 9.59 Å². The zero-order valence-corrected chi connectivity index (χ0v) is 20.3. The minimum atomic E-state index is -0.298. The SMILES string of the molecule is COC(=O)CC1CC1CC(C)(C)CC(C)(C)C(=O)CCC(C)(C)CC(C)(C)C. The molecule has 2 atom stereocenters. The lowest BCUT2D eigenvalue weighted by Gasteiger charge is -2.36. The van der Waals surface area contributed by atoms with Crippen molar-refractivity contribution >= 4 is 11.8 Å². The van der Waals surface area contributed by atoms with Crippen LogP contribution in [0, 0.1) is 33.5 Å². The van der Waals surface area contributed by atoms with Crippen molar-refractivity contribution in [2.45, 2.75) is 107 Å². The number of carbonyl (C=O) groups is 2. The number of hydrogen-bond acceptors (Lipinski definition) is 3. The Morgan fingerprint density at radius 3 is 1.93 bits per heavy atom. The lowest BCUT2D eigenvalue weighted by molar-refractivity contribution is -0.141. The van der Waals surface area contributed by atoms with Gasteiger partial charge in [0.25, 0.3) is 0 Å². The smallest absolute Gasteiger partial charge is 0.305 e. The minimum Gasteiger partial charge on any atom is -0.469 e. The molecular weight excluding hydrogens is 348 g/mol. The quantitative estimate of drug-likeness (QED) is 0.361. The lowest BCUT2D eigenvalue weighted by Crippen LogP contribution is -2.32. The molecule has 1 aliphatic carbocycles. The number of esters is 1. The van der Waals surface area contributed by atoms with Gasteiger partial charge >= 0.3 is 5.97 Å². The number of methoxy groups -OCH3 is 1. The fourth-order valence-corrected chi connectivity index (χ4v) is 5.50. The molecule has 0 aromatic heterocycles. The van der Waals surface area contributed by atoms with Crippen molar-refractivity contribution in [3.63, 3.8) is 0 Å². The Bertz CT molecular complexity index is 549. The van der Waals surface area contributed by atoms with Gasteiger partial charge in [-0.3, -0.25) is 9.59 Å². The number of hydrogen-bond donors (Lipinski definition) is 0. The molecule has 0 radical (unpaired) electrons. The van der Waals surface area contributed by atoms with Gasteiger partial charge in [0.05, 0.1) is 7.11 Å². The second-order valence-corrected chi connectivity index (χ2v) is 12.8. The van der Waals surface area contributed by atoms with Crippen molar-refractivity contribution in [1.29, 1.82) is 0 Å². The highest BCUT2D eigenvalue weighted by Crippen LogP contribution is 2.51. The van der Waals surface area contributed by atoms with Gasteiger partial charge in [0.2, 0.25) is 0 Å². The van der Waals surface area contributed by atoms with Crippen molar-refractivity contribution in [2.75, 3.05) is 7.11 Å². The maximum absolute atomic E-state index is 13.0. The van der Waals surface area contributed by atoms with E-state index in [1.54, 1.807) is 0 Å². The molecule has 0 aliphatic heterocycles. The van der Waals surface area contributed by atoms with Crippen LogP contribution in [0.25, 0.3) is 0 Å². The second kappa shape index (κ2) is 8.88. The van der Waals surface area contributed by atoms with Gasteiger partial charge in [-0.15, -0.1) is 0 Å². The first-order chi connectivity index (χ1) is 12.5. The first kappa shape index (κ1) is 25.2. The standard InChI is InChI=1S/C25H46O3/c1-22(2,3)16-23(4,5)12-11-20(26)25(8,9)17-24(6,7)15-19-13-18(19)14-21(27)28-10/h18-19H,11-17H2,1-10H3. The lowest BCUT2D eigenvalue weighted by atomic mass is 9.68. The zero-order valence-electron chi connectivity index (χ0n) is 20.3. The molecule has 0 heterocycles. The fraction of sp³-hybridized carbons (Fsp3) is 0.920. The molecule has 0 aromatic carbocycles. The average molecular weight is 395 g/mol. The summed E-state index contributed by atoms with van der Waals surface area (Å²) in [6.45, 7) is 20.2. The number of rotatable bonds is 11. The molecule has 28 heavy (non-hydrogen) atoms. The normalized spacial score (nSPS) is 20.8. The van der Waals surface area contributed by atoms with Gasteiger partial charge in [0.1, 0.15) is 5.78 Å². The molecule has 2 unspecified atom stereocenters. The molecule has 1 rings (SSSR count). The summed E-state index contributed by atoms with van der Waals surface area (Å²) in [5.74, 6) is 1.37. The summed E-state index contributed by atoms with van der Waals surface area (Å²) in [6.07, 6.45) is 6.40. The summed E-state index contributed by atoms with van der Waals surface area (Å²) in [5.41, 5.74) is 0.285. The van der Waals surface area contributed by atoms with Crippen molar-refractivity contribution in [3.05, 3.63) is 0 Å². The van der Waals surface area contributed by atoms with Gasteiger partial charge < -0.3 is 4.74 Å². The molecule has 3 heteroatoms. The number of Topliss-reactive ketones (excluding diaryl/α,β-unsaturated/α-hetero) is 1. The van der Waals surface area contributed by atoms with E-state index in [1.165, 1.54) is 7.11 Å². The van der Waals surface area contributed by atoms with Gasteiger partial charge in [0, 0.05) is 18.3 Å². The van der Waals surface area contributed by atoms with E-state index in [0.717, 1.165) is 32.1 Å². The Kier molecular flexibility index (Phi) is 7.98. The monoisotopic (exact) mass is 394 g/mol. The molecule has 0 spiro atoms. The van der Waals surface area contributed by atoms with E-state index in [0.29, 0.717) is 30.5 Å². The van der Waals surface area contributed by atoms with E-state index in [-0.39, 0.29) is 27.6 Å². The number of carbonyl (C=O) groups excluding carboxylic acids is 2. The van der Waals surface area contributed by atoms with E-state index >= 15 is 0 Å². The molecule has 164 valence electrons. The molecule has 0 saturated heterocycles. The van der Waals surface area contributed by atoms with E-state index < -0.39 is 0 Å². The second-order valence-electron chi connectivity index (χ2n) is 12.8. The summed E-state index contributed by atoms with van der Waals surface area (Å²) in [7, 11) is 1.46. The molecule has 1 aliphatic rings. The highest BCUT2D eigenvalue weighted by atomic mass is 16.5. The number of ether oxygens (including phenoxy) is 1. The fourth-order valence-electron chi connectivity index (χ4n) is 5.50. The van der Waals surface area contributed by atoms with Crippen LogP contribution in [-0.2, 0) is 14.3 Å². The Labute approximate surface area is 174 Å². The van der Waals surface area contributed by atoms with Gasteiger partial charge in [-0.05, 0) is 60.2 Å². The number of ketones is 1. The van der Waals surface area contributed by atoms with Crippen LogP contribution in [0.3, 0.4) is 0 Å². The molecule has 3 nitrogen and oxygen atoms in total. The van der Waals surface area contributed by atoms with Crippen LogP contribution in [0.15, 0.2) is 0 Å². The molecule has 0 bridgehead atoms. The van der Waals surface area contributed by atoms with Crippen LogP contribution < -0.4 is 0 Å². The summed E-state index contributed by atoms with van der Waals surface area (Å²) in [4.78, 5) is 24.5.